The Hall–Kier alpha value is -2.94. The molecule has 4 aromatic rings. The van der Waals surface area contributed by atoms with Crippen LogP contribution in [0.3, 0.4) is 0 Å². The van der Waals surface area contributed by atoms with Gasteiger partial charge in [-0.1, -0.05) is 16.9 Å². The summed E-state index contributed by atoms with van der Waals surface area (Å²) in [5, 5.41) is 13.3. The van der Waals surface area contributed by atoms with Crippen LogP contribution in [0.2, 0.25) is 0 Å². The van der Waals surface area contributed by atoms with E-state index >= 15 is 0 Å². The molecule has 4 aromatic heterocycles. The summed E-state index contributed by atoms with van der Waals surface area (Å²) in [4.78, 5) is 8.36. The van der Waals surface area contributed by atoms with Gasteiger partial charge in [0.05, 0.1) is 12.0 Å². The van der Waals surface area contributed by atoms with Crippen molar-refractivity contribution in [3.8, 4) is 23.0 Å². The first-order valence-electron chi connectivity index (χ1n) is 7.68. The van der Waals surface area contributed by atoms with Gasteiger partial charge in [-0.25, -0.2) is 0 Å². The first-order valence-corrected chi connectivity index (χ1v) is 8.66. The summed E-state index contributed by atoms with van der Waals surface area (Å²) in [7, 11) is 0. The second-order valence-corrected chi connectivity index (χ2v) is 6.01. The molecular weight excluding hydrogens is 340 g/mol. The topological polar surface area (TPSA) is 95.7 Å². The van der Waals surface area contributed by atoms with Crippen LogP contribution < -0.4 is 0 Å². The zero-order valence-electron chi connectivity index (χ0n) is 13.4. The average Bonchev–Trinajstić information content (AvgIpc) is 3.39. The third-order valence-corrected chi connectivity index (χ3v) is 4.46. The maximum atomic E-state index is 5.27. The fraction of sp³-hybridized carbons (Fsp3) is 0.188. The summed E-state index contributed by atoms with van der Waals surface area (Å²) in [6.45, 7) is 2.81. The number of nitrogens with zero attached hydrogens (tertiary/aromatic N) is 6. The second-order valence-electron chi connectivity index (χ2n) is 5.06. The van der Waals surface area contributed by atoms with Gasteiger partial charge in [-0.05, 0) is 31.2 Å². The van der Waals surface area contributed by atoms with E-state index in [9.17, 15) is 0 Å². The van der Waals surface area contributed by atoms with E-state index in [0.29, 0.717) is 23.2 Å². The van der Waals surface area contributed by atoms with Gasteiger partial charge in [0.1, 0.15) is 0 Å². The molecule has 0 aliphatic heterocycles. The van der Waals surface area contributed by atoms with Crippen LogP contribution in [0.25, 0.3) is 23.0 Å². The van der Waals surface area contributed by atoms with Crippen molar-refractivity contribution < 1.29 is 8.94 Å². The van der Waals surface area contributed by atoms with Gasteiger partial charge in [-0.3, -0.25) is 4.98 Å². The predicted octanol–water partition coefficient (Wildman–Crippen LogP) is 3.30. The van der Waals surface area contributed by atoms with E-state index in [1.807, 2.05) is 16.7 Å². The van der Waals surface area contributed by atoms with Crippen molar-refractivity contribution >= 4 is 11.8 Å². The molecule has 0 saturated carbocycles. The molecule has 0 aliphatic carbocycles. The quantitative estimate of drug-likeness (QED) is 0.487. The molecule has 0 bridgehead atoms. The van der Waals surface area contributed by atoms with Crippen LogP contribution in [0.1, 0.15) is 12.8 Å². The largest absolute Gasteiger partial charge is 0.461 e. The molecule has 0 amide bonds. The Morgan fingerprint density at radius 3 is 2.80 bits per heavy atom. The second kappa shape index (κ2) is 6.89. The molecule has 0 N–H and O–H groups in total. The fourth-order valence-corrected chi connectivity index (χ4v) is 3.18. The van der Waals surface area contributed by atoms with Crippen LogP contribution in [0.15, 0.2) is 57.0 Å². The molecule has 4 rings (SSSR count). The standard InChI is InChI=1S/C16H14N6O2S/c1-2-22-15(11-5-7-17-8-6-11)19-20-16(22)25-10-13-18-14(21-24-13)12-4-3-9-23-12/h3-9H,2,10H2,1H3. The number of rotatable bonds is 6. The average molecular weight is 354 g/mol. The summed E-state index contributed by atoms with van der Waals surface area (Å²) in [5.74, 6) is 2.84. The maximum absolute atomic E-state index is 5.27. The fourth-order valence-electron chi connectivity index (χ4n) is 2.34. The lowest BCUT2D eigenvalue weighted by molar-refractivity contribution is 0.390. The Balaban J connectivity index is 1.51. The molecule has 0 saturated heterocycles. The van der Waals surface area contributed by atoms with Crippen LogP contribution in [0, 0.1) is 0 Å². The van der Waals surface area contributed by atoms with Crippen LogP contribution in [-0.4, -0.2) is 29.9 Å². The Morgan fingerprint density at radius 1 is 1.16 bits per heavy atom. The minimum absolute atomic E-state index is 0.440. The lowest BCUT2D eigenvalue weighted by Gasteiger charge is -2.06. The molecule has 9 heteroatoms. The molecule has 25 heavy (non-hydrogen) atoms. The Morgan fingerprint density at radius 2 is 2.04 bits per heavy atom. The smallest absolute Gasteiger partial charge is 0.238 e. The maximum Gasteiger partial charge on any atom is 0.238 e. The summed E-state index contributed by atoms with van der Waals surface area (Å²) in [5.41, 5.74) is 0.981. The van der Waals surface area contributed by atoms with Gasteiger partial charge in [0.15, 0.2) is 16.7 Å². The number of hydrogen-bond donors (Lipinski definition) is 0. The Bertz CT molecular complexity index is 948. The first-order chi connectivity index (χ1) is 12.3. The van der Waals surface area contributed by atoms with E-state index in [1.165, 1.54) is 11.8 Å². The predicted molar refractivity (Wildman–Crippen MR) is 90.5 cm³/mol. The van der Waals surface area contributed by atoms with Gasteiger partial charge in [0.2, 0.25) is 11.7 Å². The SMILES string of the molecule is CCn1c(SCc2nc(-c3ccco3)no2)nnc1-c1ccncc1. The van der Waals surface area contributed by atoms with E-state index in [1.54, 1.807) is 30.8 Å². The van der Waals surface area contributed by atoms with E-state index in [4.69, 9.17) is 8.94 Å². The summed E-state index contributed by atoms with van der Waals surface area (Å²) in [6.07, 6.45) is 5.06. The zero-order valence-corrected chi connectivity index (χ0v) is 14.2. The van der Waals surface area contributed by atoms with Crippen molar-refractivity contribution in [1.29, 1.82) is 0 Å². The molecule has 8 nitrogen and oxygen atoms in total. The van der Waals surface area contributed by atoms with Crippen molar-refractivity contribution in [3.63, 3.8) is 0 Å². The highest BCUT2D eigenvalue weighted by Gasteiger charge is 2.16. The van der Waals surface area contributed by atoms with Gasteiger partial charge < -0.3 is 13.5 Å². The van der Waals surface area contributed by atoms with Gasteiger partial charge in [-0.15, -0.1) is 10.2 Å². The zero-order chi connectivity index (χ0) is 17.1. The van der Waals surface area contributed by atoms with Crippen molar-refractivity contribution in [2.75, 3.05) is 0 Å². The van der Waals surface area contributed by atoms with Crippen LogP contribution in [-0.2, 0) is 12.3 Å². The van der Waals surface area contributed by atoms with Crippen LogP contribution >= 0.6 is 11.8 Å². The lowest BCUT2D eigenvalue weighted by atomic mass is 10.2. The van der Waals surface area contributed by atoms with Crippen LogP contribution in [0.5, 0.6) is 0 Å². The van der Waals surface area contributed by atoms with E-state index in [0.717, 1.165) is 23.1 Å². The number of pyridine rings is 1. The lowest BCUT2D eigenvalue weighted by Crippen LogP contribution is -2.00. The summed E-state index contributed by atoms with van der Waals surface area (Å²) in [6, 6.07) is 7.40. The van der Waals surface area contributed by atoms with Gasteiger partial charge in [-0.2, -0.15) is 4.98 Å². The number of hydrogen-bond acceptors (Lipinski definition) is 8. The van der Waals surface area contributed by atoms with Crippen molar-refractivity contribution in [2.45, 2.75) is 24.4 Å². The van der Waals surface area contributed by atoms with E-state index in [-0.39, 0.29) is 0 Å². The minimum Gasteiger partial charge on any atom is -0.461 e. The molecule has 0 aromatic carbocycles. The number of aromatic nitrogens is 6. The third kappa shape index (κ3) is 3.18. The van der Waals surface area contributed by atoms with Crippen molar-refractivity contribution in [3.05, 3.63) is 48.8 Å². The highest BCUT2D eigenvalue weighted by molar-refractivity contribution is 7.98. The highest BCUT2D eigenvalue weighted by atomic mass is 32.2. The Kier molecular flexibility index (Phi) is 4.30. The van der Waals surface area contributed by atoms with Gasteiger partial charge >= 0.3 is 0 Å². The highest BCUT2D eigenvalue weighted by Crippen LogP contribution is 2.26. The van der Waals surface area contributed by atoms with Gasteiger partial charge in [0, 0.05) is 24.5 Å². The molecule has 0 aliphatic rings. The van der Waals surface area contributed by atoms with Gasteiger partial charge in [0.25, 0.3) is 0 Å². The summed E-state index contributed by atoms with van der Waals surface area (Å²) < 4.78 is 12.6. The Labute approximate surface area is 147 Å². The monoisotopic (exact) mass is 354 g/mol. The molecule has 0 atom stereocenters. The van der Waals surface area contributed by atoms with Crippen LogP contribution in [0.4, 0.5) is 0 Å². The first kappa shape index (κ1) is 15.6. The molecule has 0 spiro atoms. The van der Waals surface area contributed by atoms with Crippen molar-refractivity contribution in [1.82, 2.24) is 29.9 Å². The summed E-state index contributed by atoms with van der Waals surface area (Å²) >= 11 is 1.50. The third-order valence-electron chi connectivity index (χ3n) is 3.51. The number of furan rings is 1. The number of thioether (sulfide) groups is 1. The molecule has 4 heterocycles. The molecule has 0 fully saturated rings. The van der Waals surface area contributed by atoms with Crippen molar-refractivity contribution in [2.24, 2.45) is 0 Å². The molecule has 0 unspecified atom stereocenters. The molecule has 0 radical (unpaired) electrons. The molecular formula is C16H14N6O2S. The van der Waals surface area contributed by atoms with E-state index < -0.39 is 0 Å². The van der Waals surface area contributed by atoms with E-state index in [2.05, 4.69) is 32.2 Å². The molecule has 126 valence electrons. The minimum atomic E-state index is 0.440. The normalized spacial score (nSPS) is 11.1.